The van der Waals surface area contributed by atoms with E-state index >= 15 is 0 Å². The molecule has 1 aromatic heterocycles. The SMILES string of the molecule is CCCNC(C)c1cnc(-c2ccc(F)cc2F)s1. The number of hydrogen-bond donors (Lipinski definition) is 1. The smallest absolute Gasteiger partial charge is 0.136 e. The van der Waals surface area contributed by atoms with Crippen molar-refractivity contribution in [2.24, 2.45) is 0 Å². The first kappa shape index (κ1) is 14.1. The van der Waals surface area contributed by atoms with Gasteiger partial charge < -0.3 is 5.32 Å². The summed E-state index contributed by atoms with van der Waals surface area (Å²) >= 11 is 1.43. The van der Waals surface area contributed by atoms with Gasteiger partial charge in [-0.3, -0.25) is 0 Å². The van der Waals surface area contributed by atoms with Gasteiger partial charge in [0.2, 0.25) is 0 Å². The molecule has 19 heavy (non-hydrogen) atoms. The fourth-order valence-electron chi connectivity index (χ4n) is 1.74. The van der Waals surface area contributed by atoms with Crippen molar-refractivity contribution in [1.82, 2.24) is 10.3 Å². The zero-order valence-electron chi connectivity index (χ0n) is 10.9. The van der Waals surface area contributed by atoms with E-state index in [-0.39, 0.29) is 6.04 Å². The molecule has 2 aromatic rings. The van der Waals surface area contributed by atoms with Crippen molar-refractivity contribution >= 4 is 11.3 Å². The molecule has 1 N–H and O–H groups in total. The van der Waals surface area contributed by atoms with Gasteiger partial charge in [-0.05, 0) is 32.0 Å². The average molecular weight is 282 g/mol. The molecule has 1 aromatic carbocycles. The highest BCUT2D eigenvalue weighted by atomic mass is 32.1. The summed E-state index contributed by atoms with van der Waals surface area (Å²) in [5.74, 6) is -1.15. The van der Waals surface area contributed by atoms with Crippen LogP contribution in [0.4, 0.5) is 8.78 Å². The van der Waals surface area contributed by atoms with Gasteiger partial charge in [0, 0.05) is 28.7 Å². The van der Waals surface area contributed by atoms with Gasteiger partial charge in [0.05, 0.1) is 0 Å². The van der Waals surface area contributed by atoms with E-state index in [4.69, 9.17) is 0 Å². The van der Waals surface area contributed by atoms with Crippen LogP contribution in [0.15, 0.2) is 24.4 Å². The van der Waals surface area contributed by atoms with E-state index in [1.807, 2.05) is 6.92 Å². The number of nitrogens with one attached hydrogen (secondary N) is 1. The summed E-state index contributed by atoms with van der Waals surface area (Å²) in [5, 5.41) is 3.93. The summed E-state index contributed by atoms with van der Waals surface area (Å²) in [4.78, 5) is 5.27. The zero-order chi connectivity index (χ0) is 13.8. The Morgan fingerprint density at radius 1 is 1.37 bits per heavy atom. The van der Waals surface area contributed by atoms with E-state index in [1.165, 1.54) is 23.5 Å². The van der Waals surface area contributed by atoms with Crippen molar-refractivity contribution in [3.63, 3.8) is 0 Å². The molecule has 0 aliphatic rings. The molecule has 102 valence electrons. The Labute approximate surface area is 115 Å². The van der Waals surface area contributed by atoms with E-state index < -0.39 is 11.6 Å². The molecule has 0 saturated carbocycles. The molecule has 0 bridgehead atoms. The summed E-state index contributed by atoms with van der Waals surface area (Å²) in [6.45, 7) is 5.08. The van der Waals surface area contributed by atoms with Crippen LogP contribution in [0, 0.1) is 11.6 Å². The minimum absolute atomic E-state index is 0.190. The van der Waals surface area contributed by atoms with Gasteiger partial charge in [-0.2, -0.15) is 0 Å². The van der Waals surface area contributed by atoms with E-state index in [1.54, 1.807) is 6.20 Å². The second-order valence-electron chi connectivity index (χ2n) is 4.37. The first-order chi connectivity index (χ1) is 9.11. The fourth-order valence-corrected chi connectivity index (χ4v) is 2.71. The van der Waals surface area contributed by atoms with Crippen LogP contribution in [0.2, 0.25) is 0 Å². The molecule has 0 amide bonds. The largest absolute Gasteiger partial charge is 0.309 e. The average Bonchev–Trinajstić information content (AvgIpc) is 2.85. The second kappa shape index (κ2) is 6.21. The number of thiazole rings is 1. The van der Waals surface area contributed by atoms with Crippen LogP contribution in [-0.2, 0) is 0 Å². The summed E-state index contributed by atoms with van der Waals surface area (Å²) in [6.07, 6.45) is 2.80. The van der Waals surface area contributed by atoms with Gasteiger partial charge in [-0.15, -0.1) is 11.3 Å². The van der Waals surface area contributed by atoms with Crippen LogP contribution >= 0.6 is 11.3 Å². The minimum atomic E-state index is -0.574. The highest BCUT2D eigenvalue weighted by Gasteiger charge is 2.13. The molecule has 1 unspecified atom stereocenters. The van der Waals surface area contributed by atoms with E-state index in [2.05, 4.69) is 17.2 Å². The number of nitrogens with zero attached hydrogens (tertiary/aromatic N) is 1. The Morgan fingerprint density at radius 2 is 2.16 bits per heavy atom. The highest BCUT2D eigenvalue weighted by molar-refractivity contribution is 7.15. The van der Waals surface area contributed by atoms with Gasteiger partial charge in [0.25, 0.3) is 0 Å². The molecule has 1 heterocycles. The second-order valence-corrected chi connectivity index (χ2v) is 5.43. The van der Waals surface area contributed by atoms with Gasteiger partial charge in [0.15, 0.2) is 0 Å². The molecule has 1 atom stereocenters. The first-order valence-corrected chi connectivity index (χ1v) is 7.08. The Balaban J connectivity index is 2.20. The predicted molar refractivity (Wildman–Crippen MR) is 74.2 cm³/mol. The van der Waals surface area contributed by atoms with E-state index in [9.17, 15) is 8.78 Å². The molecule has 2 rings (SSSR count). The standard InChI is InChI=1S/C14H16F2N2S/c1-3-6-17-9(2)13-8-18-14(19-13)11-5-4-10(15)7-12(11)16/h4-5,7-9,17H,3,6H2,1-2H3. The van der Waals surface area contributed by atoms with Crippen molar-refractivity contribution in [3.8, 4) is 10.6 Å². The first-order valence-electron chi connectivity index (χ1n) is 6.26. The molecular formula is C14H16F2N2S. The maximum atomic E-state index is 13.7. The van der Waals surface area contributed by atoms with Crippen LogP contribution in [0.3, 0.4) is 0 Å². The third-order valence-electron chi connectivity index (χ3n) is 2.81. The number of rotatable bonds is 5. The number of aromatic nitrogens is 1. The lowest BCUT2D eigenvalue weighted by atomic mass is 10.2. The fraction of sp³-hybridized carbons (Fsp3) is 0.357. The van der Waals surface area contributed by atoms with Crippen molar-refractivity contribution < 1.29 is 8.78 Å². The molecule has 2 nitrogen and oxygen atoms in total. The Bertz CT molecular complexity index is 554. The maximum absolute atomic E-state index is 13.7. The van der Waals surface area contributed by atoms with Gasteiger partial charge >= 0.3 is 0 Å². The molecular weight excluding hydrogens is 266 g/mol. The lowest BCUT2D eigenvalue weighted by molar-refractivity contribution is 0.577. The molecule has 0 aliphatic heterocycles. The Hall–Kier alpha value is -1.33. The Morgan fingerprint density at radius 3 is 2.84 bits per heavy atom. The predicted octanol–water partition coefficient (Wildman–Crippen LogP) is 4.15. The molecule has 5 heteroatoms. The van der Waals surface area contributed by atoms with Crippen LogP contribution < -0.4 is 5.32 Å². The van der Waals surface area contributed by atoms with Crippen LogP contribution in [0.25, 0.3) is 10.6 Å². The third-order valence-corrected chi connectivity index (χ3v) is 4.03. The molecule has 0 fully saturated rings. The molecule has 0 saturated heterocycles. The topological polar surface area (TPSA) is 24.9 Å². The van der Waals surface area contributed by atoms with Crippen molar-refractivity contribution in [1.29, 1.82) is 0 Å². The summed E-state index contributed by atoms with van der Waals surface area (Å²) < 4.78 is 26.5. The monoisotopic (exact) mass is 282 g/mol. The zero-order valence-corrected chi connectivity index (χ0v) is 11.7. The summed E-state index contributed by atoms with van der Waals surface area (Å²) in [7, 11) is 0. The number of halogens is 2. The molecule has 0 radical (unpaired) electrons. The van der Waals surface area contributed by atoms with Crippen LogP contribution in [0.5, 0.6) is 0 Å². The van der Waals surface area contributed by atoms with Crippen LogP contribution in [-0.4, -0.2) is 11.5 Å². The lowest BCUT2D eigenvalue weighted by Crippen LogP contribution is -2.18. The Kier molecular flexibility index (Phi) is 4.61. The van der Waals surface area contributed by atoms with Crippen molar-refractivity contribution in [3.05, 3.63) is 40.9 Å². The minimum Gasteiger partial charge on any atom is -0.309 e. The van der Waals surface area contributed by atoms with E-state index in [0.29, 0.717) is 10.6 Å². The van der Waals surface area contributed by atoms with Gasteiger partial charge in [-0.25, -0.2) is 13.8 Å². The number of hydrogen-bond acceptors (Lipinski definition) is 3. The van der Waals surface area contributed by atoms with Gasteiger partial charge in [0.1, 0.15) is 16.6 Å². The quantitative estimate of drug-likeness (QED) is 0.891. The molecule has 0 aliphatic carbocycles. The van der Waals surface area contributed by atoms with Crippen molar-refractivity contribution in [2.45, 2.75) is 26.3 Å². The highest BCUT2D eigenvalue weighted by Crippen LogP contribution is 2.30. The van der Waals surface area contributed by atoms with Gasteiger partial charge in [-0.1, -0.05) is 6.92 Å². The molecule has 0 spiro atoms. The van der Waals surface area contributed by atoms with Crippen LogP contribution in [0.1, 0.15) is 31.2 Å². The van der Waals surface area contributed by atoms with E-state index in [0.717, 1.165) is 23.9 Å². The summed E-state index contributed by atoms with van der Waals surface area (Å²) in [5.41, 5.74) is 0.348. The van der Waals surface area contributed by atoms with Crippen molar-refractivity contribution in [2.75, 3.05) is 6.54 Å². The number of benzene rings is 1. The maximum Gasteiger partial charge on any atom is 0.136 e. The summed E-state index contributed by atoms with van der Waals surface area (Å²) in [6, 6.07) is 3.75. The third kappa shape index (κ3) is 3.36. The lowest BCUT2D eigenvalue weighted by Gasteiger charge is -2.09. The normalized spacial score (nSPS) is 12.6.